The van der Waals surface area contributed by atoms with Crippen LogP contribution in [0.25, 0.3) is 5.69 Å². The number of nitro groups is 1. The SMILES string of the molecule is Cc1cc(=O)c(C(=O)Nc2cccc(NC(N)=O)c2)nn1-c1ccccc1[N+](=O)[O-]. The summed E-state index contributed by atoms with van der Waals surface area (Å²) in [4.78, 5) is 46.7. The fourth-order valence-electron chi connectivity index (χ4n) is 2.75. The number of aryl methyl sites for hydroxylation is 1. The van der Waals surface area contributed by atoms with Gasteiger partial charge >= 0.3 is 6.03 Å². The van der Waals surface area contributed by atoms with Crippen molar-refractivity contribution in [2.75, 3.05) is 10.6 Å². The third-order valence-corrected chi connectivity index (χ3v) is 4.02. The molecule has 0 aliphatic carbocycles. The number of rotatable bonds is 5. The molecule has 0 unspecified atom stereocenters. The van der Waals surface area contributed by atoms with Crippen molar-refractivity contribution in [1.29, 1.82) is 0 Å². The first-order valence-corrected chi connectivity index (χ1v) is 8.59. The van der Waals surface area contributed by atoms with E-state index in [1.807, 2.05) is 0 Å². The summed E-state index contributed by atoms with van der Waals surface area (Å²) in [6.07, 6.45) is 0. The van der Waals surface area contributed by atoms with Gasteiger partial charge in [-0.15, -0.1) is 0 Å². The van der Waals surface area contributed by atoms with Gasteiger partial charge in [-0.05, 0) is 31.2 Å². The van der Waals surface area contributed by atoms with E-state index in [0.717, 1.165) is 0 Å². The number of urea groups is 1. The number of aromatic nitrogens is 2. The molecule has 152 valence electrons. The van der Waals surface area contributed by atoms with E-state index in [1.165, 1.54) is 35.0 Å². The Balaban J connectivity index is 1.99. The van der Waals surface area contributed by atoms with Crippen LogP contribution in [0.15, 0.2) is 59.4 Å². The van der Waals surface area contributed by atoms with Gasteiger partial charge in [0.1, 0.15) is 5.69 Å². The second-order valence-electron chi connectivity index (χ2n) is 6.18. The Hall–Kier alpha value is -4.54. The van der Waals surface area contributed by atoms with Crippen molar-refractivity contribution >= 4 is 29.0 Å². The summed E-state index contributed by atoms with van der Waals surface area (Å²) in [6, 6.07) is 12.3. The molecule has 0 saturated carbocycles. The number of nitrogens with zero attached hydrogens (tertiary/aromatic N) is 3. The number of nitrogens with two attached hydrogens (primary N) is 1. The molecule has 0 aliphatic rings. The molecule has 0 fully saturated rings. The van der Waals surface area contributed by atoms with Crippen molar-refractivity contribution in [3.63, 3.8) is 0 Å². The number of anilines is 2. The van der Waals surface area contributed by atoms with Crippen molar-refractivity contribution < 1.29 is 14.5 Å². The molecule has 1 aromatic heterocycles. The Kier molecular flexibility index (Phi) is 5.54. The van der Waals surface area contributed by atoms with Gasteiger partial charge in [0.15, 0.2) is 5.69 Å². The highest BCUT2D eigenvalue weighted by molar-refractivity contribution is 6.03. The third-order valence-electron chi connectivity index (χ3n) is 4.02. The predicted molar refractivity (Wildman–Crippen MR) is 109 cm³/mol. The zero-order valence-corrected chi connectivity index (χ0v) is 15.7. The van der Waals surface area contributed by atoms with Crippen molar-refractivity contribution in [2.24, 2.45) is 5.73 Å². The minimum absolute atomic E-state index is 0.113. The number of benzene rings is 2. The summed E-state index contributed by atoms with van der Waals surface area (Å²) >= 11 is 0. The Morgan fingerprint density at radius 3 is 2.40 bits per heavy atom. The van der Waals surface area contributed by atoms with Gasteiger partial charge in [-0.1, -0.05) is 18.2 Å². The molecular weight excluding hydrogens is 392 g/mol. The molecule has 3 rings (SSSR count). The number of hydrogen-bond acceptors (Lipinski definition) is 6. The Bertz CT molecular complexity index is 1220. The molecule has 1 heterocycles. The lowest BCUT2D eigenvalue weighted by Gasteiger charge is -2.12. The van der Waals surface area contributed by atoms with Crippen LogP contribution in [0.3, 0.4) is 0 Å². The van der Waals surface area contributed by atoms with Crippen molar-refractivity contribution in [2.45, 2.75) is 6.92 Å². The summed E-state index contributed by atoms with van der Waals surface area (Å²) in [7, 11) is 0. The number of carbonyl (C=O) groups excluding carboxylic acids is 2. The van der Waals surface area contributed by atoms with Crippen LogP contribution in [0.4, 0.5) is 21.9 Å². The maximum atomic E-state index is 12.6. The molecular formula is C19H16N6O5. The molecule has 3 aromatic rings. The predicted octanol–water partition coefficient (Wildman–Crippen LogP) is 2.19. The summed E-state index contributed by atoms with van der Waals surface area (Å²) in [6.45, 7) is 1.55. The van der Waals surface area contributed by atoms with Gasteiger partial charge in [-0.2, -0.15) is 5.10 Å². The smallest absolute Gasteiger partial charge is 0.316 e. The second kappa shape index (κ2) is 8.22. The summed E-state index contributed by atoms with van der Waals surface area (Å²) < 4.78 is 1.17. The zero-order chi connectivity index (χ0) is 21.8. The Morgan fingerprint density at radius 1 is 1.07 bits per heavy atom. The lowest BCUT2D eigenvalue weighted by molar-refractivity contribution is -0.384. The Morgan fingerprint density at radius 2 is 1.73 bits per heavy atom. The van der Waals surface area contributed by atoms with Crippen LogP contribution < -0.4 is 21.8 Å². The van der Waals surface area contributed by atoms with E-state index in [9.17, 15) is 24.5 Å². The standard InChI is InChI=1S/C19H16N6O5/c1-11-9-16(26)17(23-24(11)14-7-2-3-8-15(14)25(29)30)18(27)21-12-5-4-6-13(10-12)22-19(20)28/h2-10H,1H3,(H,21,27)(H3,20,22,28). The van der Waals surface area contributed by atoms with E-state index >= 15 is 0 Å². The van der Waals surface area contributed by atoms with Crippen molar-refractivity contribution in [1.82, 2.24) is 9.78 Å². The third kappa shape index (κ3) is 4.30. The number of carbonyl (C=O) groups is 2. The number of nitrogens with one attached hydrogen (secondary N) is 2. The molecule has 0 bridgehead atoms. The van der Waals surface area contributed by atoms with E-state index in [0.29, 0.717) is 11.4 Å². The van der Waals surface area contributed by atoms with Gasteiger partial charge < -0.3 is 16.4 Å². The molecule has 0 aliphatic heterocycles. The fourth-order valence-corrected chi connectivity index (χ4v) is 2.75. The first-order chi connectivity index (χ1) is 14.3. The van der Waals surface area contributed by atoms with Crippen LogP contribution in [-0.2, 0) is 0 Å². The van der Waals surface area contributed by atoms with Crippen LogP contribution in [0.5, 0.6) is 0 Å². The first-order valence-electron chi connectivity index (χ1n) is 8.59. The summed E-state index contributed by atoms with van der Waals surface area (Å²) in [5.41, 5.74) is 4.80. The highest BCUT2D eigenvalue weighted by Crippen LogP contribution is 2.22. The van der Waals surface area contributed by atoms with E-state index in [-0.39, 0.29) is 17.1 Å². The molecule has 11 heteroatoms. The van der Waals surface area contributed by atoms with Crippen molar-refractivity contribution in [3.8, 4) is 5.69 Å². The molecule has 0 atom stereocenters. The molecule has 2 aromatic carbocycles. The lowest BCUT2D eigenvalue weighted by atomic mass is 10.2. The first kappa shape index (κ1) is 20.2. The molecule has 0 radical (unpaired) electrons. The van der Waals surface area contributed by atoms with Crippen LogP contribution in [0.1, 0.15) is 16.2 Å². The number of hydrogen-bond donors (Lipinski definition) is 3. The lowest BCUT2D eigenvalue weighted by Crippen LogP contribution is -2.27. The molecule has 0 saturated heterocycles. The normalized spacial score (nSPS) is 10.3. The van der Waals surface area contributed by atoms with Gasteiger partial charge in [-0.25, -0.2) is 9.48 Å². The highest BCUT2D eigenvalue weighted by Gasteiger charge is 2.20. The monoisotopic (exact) mass is 408 g/mol. The van der Waals surface area contributed by atoms with Gasteiger partial charge in [0.05, 0.1) is 4.92 Å². The van der Waals surface area contributed by atoms with Crippen LogP contribution in [0, 0.1) is 17.0 Å². The van der Waals surface area contributed by atoms with Gasteiger partial charge in [0, 0.05) is 29.2 Å². The molecule has 30 heavy (non-hydrogen) atoms. The number of amides is 3. The number of primary amides is 1. The van der Waals surface area contributed by atoms with Crippen molar-refractivity contribution in [3.05, 3.63) is 86.3 Å². The number of para-hydroxylation sites is 2. The van der Waals surface area contributed by atoms with E-state index in [4.69, 9.17) is 5.73 Å². The minimum Gasteiger partial charge on any atom is -0.351 e. The zero-order valence-electron chi connectivity index (χ0n) is 15.7. The molecule has 11 nitrogen and oxygen atoms in total. The largest absolute Gasteiger partial charge is 0.351 e. The van der Waals surface area contributed by atoms with Gasteiger partial charge in [0.25, 0.3) is 11.6 Å². The van der Waals surface area contributed by atoms with E-state index in [2.05, 4.69) is 15.7 Å². The van der Waals surface area contributed by atoms with Crippen LogP contribution in [-0.4, -0.2) is 26.6 Å². The quantitative estimate of drug-likeness (QED) is 0.433. The highest BCUT2D eigenvalue weighted by atomic mass is 16.6. The second-order valence-corrected chi connectivity index (χ2v) is 6.18. The molecule has 4 N–H and O–H groups in total. The number of nitro benzene ring substituents is 1. The topological polar surface area (TPSA) is 162 Å². The van der Waals surface area contributed by atoms with Crippen LogP contribution >= 0.6 is 0 Å². The van der Waals surface area contributed by atoms with Crippen LogP contribution in [0.2, 0.25) is 0 Å². The van der Waals surface area contributed by atoms with E-state index < -0.39 is 28.0 Å². The average molecular weight is 408 g/mol. The maximum Gasteiger partial charge on any atom is 0.316 e. The maximum absolute atomic E-state index is 12.6. The Labute approximate surface area is 169 Å². The molecule has 0 spiro atoms. The average Bonchev–Trinajstić information content (AvgIpc) is 2.67. The summed E-state index contributed by atoms with van der Waals surface area (Å²) in [5, 5.41) is 20.3. The van der Waals surface area contributed by atoms with Gasteiger partial charge in [0.2, 0.25) is 5.43 Å². The van der Waals surface area contributed by atoms with E-state index in [1.54, 1.807) is 31.2 Å². The minimum atomic E-state index is -0.816. The fraction of sp³-hybridized carbons (Fsp3) is 0.0526. The summed E-state index contributed by atoms with van der Waals surface area (Å²) in [5.74, 6) is -0.816. The molecule has 3 amide bonds. The van der Waals surface area contributed by atoms with Gasteiger partial charge in [-0.3, -0.25) is 19.7 Å².